The zero-order chi connectivity index (χ0) is 17.9. The van der Waals surface area contributed by atoms with Crippen molar-refractivity contribution in [2.24, 2.45) is 0 Å². The van der Waals surface area contributed by atoms with Gasteiger partial charge in [-0.3, -0.25) is 4.79 Å². The lowest BCUT2D eigenvalue weighted by Crippen LogP contribution is -2.29. The van der Waals surface area contributed by atoms with E-state index >= 15 is 0 Å². The van der Waals surface area contributed by atoms with E-state index in [1.807, 2.05) is 23.7 Å². The third-order valence-corrected chi connectivity index (χ3v) is 4.67. The number of hydrogen-bond donors (Lipinski definition) is 1. The normalized spacial score (nSPS) is 10.9. The minimum Gasteiger partial charge on any atom is -0.422 e. The first-order chi connectivity index (χ1) is 12.7. The van der Waals surface area contributed by atoms with Crippen LogP contribution in [0.25, 0.3) is 16.1 Å². The molecule has 0 atom stereocenters. The van der Waals surface area contributed by atoms with Crippen molar-refractivity contribution in [3.05, 3.63) is 75.8 Å². The molecule has 4 rings (SSSR count). The van der Waals surface area contributed by atoms with Crippen molar-refractivity contribution >= 4 is 28.2 Å². The summed E-state index contributed by atoms with van der Waals surface area (Å²) in [7, 11) is 0. The predicted octanol–water partition coefficient (Wildman–Crippen LogP) is 2.41. The lowest BCUT2D eigenvalue weighted by atomic mass is 10.2. The Morgan fingerprint density at radius 3 is 3.00 bits per heavy atom. The summed E-state index contributed by atoms with van der Waals surface area (Å²) in [5, 5.41) is 10.3. The molecule has 130 valence electrons. The second kappa shape index (κ2) is 6.93. The second-order valence-corrected chi connectivity index (χ2v) is 6.40. The minimum absolute atomic E-state index is 0.000733. The third-order valence-electron chi connectivity index (χ3n) is 3.79. The number of fused-ring (bicyclic) bond motifs is 1. The number of carbonyl (C=O) groups excluding carboxylic acids is 1. The molecule has 0 spiro atoms. The summed E-state index contributed by atoms with van der Waals surface area (Å²) in [4.78, 5) is 28.8. The molecule has 26 heavy (non-hydrogen) atoms. The molecule has 0 saturated heterocycles. The maximum absolute atomic E-state index is 12.3. The lowest BCUT2D eigenvalue weighted by molar-refractivity contribution is 0.0950. The number of thiazole rings is 1. The Balaban J connectivity index is 1.41. The quantitative estimate of drug-likeness (QED) is 0.548. The first kappa shape index (κ1) is 16.2. The van der Waals surface area contributed by atoms with Gasteiger partial charge in [-0.1, -0.05) is 18.2 Å². The molecule has 1 amide bonds. The fourth-order valence-electron chi connectivity index (χ4n) is 2.52. The molecule has 1 N–H and O–H groups in total. The maximum Gasteiger partial charge on any atom is 0.349 e. The van der Waals surface area contributed by atoms with Gasteiger partial charge in [0.25, 0.3) is 5.91 Å². The van der Waals surface area contributed by atoms with Crippen molar-refractivity contribution in [2.75, 3.05) is 6.54 Å². The maximum atomic E-state index is 12.3. The lowest BCUT2D eigenvalue weighted by Gasteiger charge is -2.04. The van der Waals surface area contributed by atoms with Crippen LogP contribution in [-0.4, -0.2) is 27.2 Å². The Labute approximate surface area is 151 Å². The number of nitrogens with zero attached hydrogens (tertiary/aromatic N) is 3. The average Bonchev–Trinajstić information content (AvgIpc) is 3.32. The average molecular weight is 366 g/mol. The van der Waals surface area contributed by atoms with Crippen LogP contribution in [0.15, 0.2) is 63.4 Å². The number of benzene rings is 1. The van der Waals surface area contributed by atoms with Gasteiger partial charge < -0.3 is 9.73 Å². The molecule has 0 bridgehead atoms. The van der Waals surface area contributed by atoms with Crippen LogP contribution in [0.1, 0.15) is 16.1 Å². The monoisotopic (exact) mass is 366 g/mol. The number of carbonyl (C=O) groups is 1. The molecule has 7 nitrogen and oxygen atoms in total. The van der Waals surface area contributed by atoms with Crippen LogP contribution >= 0.6 is 11.3 Å². The van der Waals surface area contributed by atoms with E-state index in [0.29, 0.717) is 23.9 Å². The van der Waals surface area contributed by atoms with Gasteiger partial charge in [0.1, 0.15) is 11.1 Å². The Morgan fingerprint density at radius 1 is 1.27 bits per heavy atom. The van der Waals surface area contributed by atoms with Crippen molar-refractivity contribution in [3.63, 3.8) is 0 Å². The summed E-state index contributed by atoms with van der Waals surface area (Å²) in [5.41, 5.74) is 0.670. The van der Waals surface area contributed by atoms with Crippen LogP contribution in [0.2, 0.25) is 0 Å². The van der Waals surface area contributed by atoms with Crippen LogP contribution in [0.3, 0.4) is 0 Å². The second-order valence-electron chi connectivity index (χ2n) is 5.56. The Bertz CT molecular complexity index is 1110. The molecular weight excluding hydrogens is 352 g/mol. The van der Waals surface area contributed by atoms with Gasteiger partial charge in [-0.25, -0.2) is 14.5 Å². The Kier molecular flexibility index (Phi) is 4.32. The highest BCUT2D eigenvalue weighted by molar-refractivity contribution is 7.12. The Hall–Kier alpha value is -3.26. The van der Waals surface area contributed by atoms with E-state index in [1.165, 1.54) is 11.3 Å². The summed E-state index contributed by atoms with van der Waals surface area (Å²) in [6.45, 7) is 0.368. The van der Waals surface area contributed by atoms with Crippen LogP contribution in [0, 0.1) is 0 Å². The standard InChI is InChI=1S/C18H14N4O3S/c23-16(14-10-12-4-1-2-5-15(12)25-17(14)24)19-8-6-13-11-26-18(21-13)22-9-3-7-20-22/h1-5,7,9-11H,6,8H2,(H,19,23). The molecule has 3 aromatic heterocycles. The first-order valence-electron chi connectivity index (χ1n) is 7.96. The molecule has 0 aliphatic rings. The summed E-state index contributed by atoms with van der Waals surface area (Å²) in [6.07, 6.45) is 4.07. The molecule has 1 aromatic carbocycles. The zero-order valence-electron chi connectivity index (χ0n) is 13.6. The van der Waals surface area contributed by atoms with E-state index in [1.54, 1.807) is 35.1 Å². The van der Waals surface area contributed by atoms with Gasteiger partial charge in [-0.05, 0) is 18.2 Å². The summed E-state index contributed by atoms with van der Waals surface area (Å²) >= 11 is 1.48. The predicted molar refractivity (Wildman–Crippen MR) is 97.8 cm³/mol. The number of para-hydroxylation sites is 1. The SMILES string of the molecule is O=C(NCCc1csc(-n2cccn2)n1)c1cc2ccccc2oc1=O. The van der Waals surface area contributed by atoms with Gasteiger partial charge in [0.2, 0.25) is 5.13 Å². The van der Waals surface area contributed by atoms with Crippen molar-refractivity contribution in [3.8, 4) is 5.13 Å². The van der Waals surface area contributed by atoms with Crippen LogP contribution in [0.5, 0.6) is 0 Å². The van der Waals surface area contributed by atoms with E-state index < -0.39 is 11.5 Å². The number of nitrogens with one attached hydrogen (secondary N) is 1. The zero-order valence-corrected chi connectivity index (χ0v) is 14.4. The molecule has 0 unspecified atom stereocenters. The smallest absolute Gasteiger partial charge is 0.349 e. The fraction of sp³-hybridized carbons (Fsp3) is 0.111. The minimum atomic E-state index is -0.643. The molecule has 3 heterocycles. The summed E-state index contributed by atoms with van der Waals surface area (Å²) in [6, 6.07) is 10.5. The molecule has 0 radical (unpaired) electrons. The van der Waals surface area contributed by atoms with E-state index in [9.17, 15) is 9.59 Å². The van der Waals surface area contributed by atoms with E-state index in [-0.39, 0.29) is 5.56 Å². The number of hydrogen-bond acceptors (Lipinski definition) is 6. The number of rotatable bonds is 5. The van der Waals surface area contributed by atoms with Crippen molar-refractivity contribution in [2.45, 2.75) is 6.42 Å². The van der Waals surface area contributed by atoms with Gasteiger partial charge in [0.05, 0.1) is 5.69 Å². The van der Waals surface area contributed by atoms with Crippen molar-refractivity contribution in [1.29, 1.82) is 0 Å². The Morgan fingerprint density at radius 2 is 2.15 bits per heavy atom. The van der Waals surface area contributed by atoms with Crippen LogP contribution < -0.4 is 10.9 Å². The molecule has 0 saturated carbocycles. The van der Waals surface area contributed by atoms with Gasteiger partial charge in [-0.2, -0.15) is 5.10 Å². The fourth-order valence-corrected chi connectivity index (χ4v) is 3.32. The van der Waals surface area contributed by atoms with Crippen LogP contribution in [0.4, 0.5) is 0 Å². The third kappa shape index (κ3) is 3.27. The number of amides is 1. The summed E-state index contributed by atoms with van der Waals surface area (Å²) in [5.74, 6) is -0.452. The molecule has 4 aromatic rings. The highest BCUT2D eigenvalue weighted by Gasteiger charge is 2.13. The van der Waals surface area contributed by atoms with Crippen molar-refractivity contribution < 1.29 is 9.21 Å². The molecule has 8 heteroatoms. The van der Waals surface area contributed by atoms with Crippen molar-refractivity contribution in [1.82, 2.24) is 20.1 Å². The van der Waals surface area contributed by atoms with Gasteiger partial charge in [0, 0.05) is 36.1 Å². The van der Waals surface area contributed by atoms with E-state index in [0.717, 1.165) is 10.8 Å². The van der Waals surface area contributed by atoms with Gasteiger partial charge in [0.15, 0.2) is 0 Å². The van der Waals surface area contributed by atoms with Crippen LogP contribution in [-0.2, 0) is 6.42 Å². The van der Waals surface area contributed by atoms with E-state index in [2.05, 4.69) is 15.4 Å². The molecule has 0 aliphatic carbocycles. The topological polar surface area (TPSA) is 90.0 Å². The largest absolute Gasteiger partial charge is 0.422 e. The highest BCUT2D eigenvalue weighted by Crippen LogP contribution is 2.14. The highest BCUT2D eigenvalue weighted by atomic mass is 32.1. The molecule has 0 aliphatic heterocycles. The van der Waals surface area contributed by atoms with E-state index in [4.69, 9.17) is 4.42 Å². The molecule has 0 fully saturated rings. The summed E-state index contributed by atoms with van der Waals surface area (Å²) < 4.78 is 6.87. The number of aromatic nitrogens is 3. The van der Waals surface area contributed by atoms with Gasteiger partial charge >= 0.3 is 5.63 Å². The van der Waals surface area contributed by atoms with Gasteiger partial charge in [-0.15, -0.1) is 11.3 Å². The first-order valence-corrected chi connectivity index (χ1v) is 8.84. The molecular formula is C18H14N4O3S.